The predicted molar refractivity (Wildman–Crippen MR) is 83.4 cm³/mol. The molecule has 0 aromatic carbocycles. The first-order valence-corrected chi connectivity index (χ1v) is 7.09. The highest BCUT2D eigenvalue weighted by Gasteiger charge is 2.44. The van der Waals surface area contributed by atoms with E-state index in [9.17, 15) is 9.90 Å². The van der Waals surface area contributed by atoms with E-state index in [0.717, 1.165) is 0 Å². The molecule has 10 heteroatoms. The van der Waals surface area contributed by atoms with E-state index in [1.54, 1.807) is 18.7 Å². The van der Waals surface area contributed by atoms with Gasteiger partial charge in [0.2, 0.25) is 0 Å². The fraction of sp³-hybridized carbons (Fsp3) is 0.615. The second kappa shape index (κ2) is 7.51. The molecule has 0 spiro atoms. The lowest BCUT2D eigenvalue weighted by Crippen LogP contribution is -2.41. The highest BCUT2D eigenvalue weighted by molar-refractivity contribution is 5.96. The number of aliphatic imine (C=N–C) groups is 1. The number of hydrogen-bond acceptors (Lipinski definition) is 7. The van der Waals surface area contributed by atoms with E-state index >= 15 is 0 Å². The van der Waals surface area contributed by atoms with Crippen LogP contribution in [0.4, 0.5) is 5.82 Å². The molecule has 1 aliphatic rings. The summed E-state index contributed by atoms with van der Waals surface area (Å²) in [7, 11) is 4.80. The normalized spacial score (nSPS) is 28.0. The molecule has 0 bridgehead atoms. The van der Waals surface area contributed by atoms with Crippen LogP contribution in [0.1, 0.15) is 16.7 Å². The molecule has 5 N–H and O–H groups in total. The molecule has 0 saturated carbocycles. The number of carbonyl (C=O) groups excluding carboxylic acids is 1. The quantitative estimate of drug-likeness (QED) is 0.293. The summed E-state index contributed by atoms with van der Waals surface area (Å²) in [5.74, 6) is 0.840. The number of nitrogens with zero attached hydrogens (tertiary/aromatic N) is 3. The lowest BCUT2D eigenvalue weighted by atomic mass is 10.1. The summed E-state index contributed by atoms with van der Waals surface area (Å²) in [4.78, 5) is 19.3. The van der Waals surface area contributed by atoms with Crippen LogP contribution in [0.5, 0.6) is 0 Å². The van der Waals surface area contributed by atoms with Crippen LogP contribution >= 0.6 is 0 Å². The van der Waals surface area contributed by atoms with Gasteiger partial charge in [0.15, 0.2) is 18.5 Å². The summed E-state index contributed by atoms with van der Waals surface area (Å²) in [6, 6.07) is -0.539. The van der Waals surface area contributed by atoms with Gasteiger partial charge in [0.1, 0.15) is 23.7 Å². The van der Waals surface area contributed by atoms with Crippen LogP contribution in [0, 0.1) is 0 Å². The molecule has 0 radical (unpaired) electrons. The van der Waals surface area contributed by atoms with Crippen molar-refractivity contribution in [3.05, 3.63) is 12.0 Å². The number of guanidine groups is 1. The van der Waals surface area contributed by atoms with Gasteiger partial charge in [0.25, 0.3) is 0 Å². The number of aromatic nitrogens is 2. The summed E-state index contributed by atoms with van der Waals surface area (Å²) in [6.45, 7) is -0.223. The SMILES string of the molecule is CN=C(NC)Nc1c(C=O)ncn1C1OC(CO)C(OC)C1N. The fourth-order valence-corrected chi connectivity index (χ4v) is 2.59. The van der Waals surface area contributed by atoms with E-state index < -0.39 is 24.5 Å². The molecule has 1 saturated heterocycles. The van der Waals surface area contributed by atoms with Gasteiger partial charge in [0, 0.05) is 21.2 Å². The monoisotopic (exact) mass is 326 g/mol. The number of nitrogens with two attached hydrogens (primary N) is 1. The first-order valence-electron chi connectivity index (χ1n) is 7.09. The van der Waals surface area contributed by atoms with Crippen LogP contribution in [0.15, 0.2) is 11.3 Å². The third-order valence-corrected chi connectivity index (χ3v) is 3.75. The second-order valence-corrected chi connectivity index (χ2v) is 4.98. The van der Waals surface area contributed by atoms with Crippen LogP contribution in [-0.2, 0) is 9.47 Å². The lowest BCUT2D eigenvalue weighted by molar-refractivity contribution is -0.0517. The van der Waals surface area contributed by atoms with Crippen LogP contribution in [0.2, 0.25) is 0 Å². The summed E-state index contributed by atoms with van der Waals surface area (Å²) >= 11 is 0. The van der Waals surface area contributed by atoms with Crippen molar-refractivity contribution in [1.82, 2.24) is 14.9 Å². The number of aliphatic hydroxyl groups is 1. The summed E-state index contributed by atoms with van der Waals surface area (Å²) in [6.07, 6.45) is 0.406. The molecule has 10 nitrogen and oxygen atoms in total. The minimum absolute atomic E-state index is 0.193. The van der Waals surface area contributed by atoms with Crippen molar-refractivity contribution in [1.29, 1.82) is 0 Å². The maximum Gasteiger partial charge on any atom is 0.196 e. The number of anilines is 1. The molecule has 23 heavy (non-hydrogen) atoms. The summed E-state index contributed by atoms with van der Waals surface area (Å²) < 4.78 is 12.7. The highest BCUT2D eigenvalue weighted by atomic mass is 16.6. The number of aldehydes is 1. The molecule has 0 amide bonds. The van der Waals surface area contributed by atoms with Gasteiger partial charge in [-0.15, -0.1) is 0 Å². The number of hydrogen-bond donors (Lipinski definition) is 4. The molecular formula is C13H22N6O4. The van der Waals surface area contributed by atoms with Gasteiger partial charge in [-0.3, -0.25) is 14.4 Å². The molecule has 128 valence electrons. The molecule has 4 unspecified atom stereocenters. The first kappa shape index (κ1) is 17.3. The Morgan fingerprint density at radius 1 is 1.70 bits per heavy atom. The summed E-state index contributed by atoms with van der Waals surface area (Å²) in [5, 5.41) is 15.2. The number of rotatable bonds is 5. The Labute approximate surface area is 133 Å². The van der Waals surface area contributed by atoms with Gasteiger partial charge in [-0.2, -0.15) is 0 Å². The molecule has 2 rings (SSSR count). The Morgan fingerprint density at radius 3 is 2.91 bits per heavy atom. The zero-order valence-corrected chi connectivity index (χ0v) is 13.3. The first-order chi connectivity index (χ1) is 11.1. The molecule has 1 aromatic rings. The van der Waals surface area contributed by atoms with Crippen molar-refractivity contribution < 1.29 is 19.4 Å². The number of imidazole rings is 1. The molecule has 2 heterocycles. The van der Waals surface area contributed by atoms with Gasteiger partial charge in [-0.1, -0.05) is 0 Å². The fourth-order valence-electron chi connectivity index (χ4n) is 2.59. The van der Waals surface area contributed by atoms with Crippen molar-refractivity contribution in [2.75, 3.05) is 33.1 Å². The van der Waals surface area contributed by atoms with Crippen LogP contribution in [-0.4, -0.2) is 73.0 Å². The van der Waals surface area contributed by atoms with Gasteiger partial charge >= 0.3 is 0 Å². The van der Waals surface area contributed by atoms with Crippen molar-refractivity contribution in [3.8, 4) is 0 Å². The van der Waals surface area contributed by atoms with Crippen molar-refractivity contribution >= 4 is 18.1 Å². The minimum Gasteiger partial charge on any atom is -0.394 e. The Morgan fingerprint density at radius 2 is 2.43 bits per heavy atom. The third kappa shape index (κ3) is 3.20. The Kier molecular flexibility index (Phi) is 5.66. The average molecular weight is 326 g/mol. The van der Waals surface area contributed by atoms with Crippen molar-refractivity contribution in [2.24, 2.45) is 10.7 Å². The molecule has 4 atom stereocenters. The lowest BCUT2D eigenvalue weighted by Gasteiger charge is -2.21. The van der Waals surface area contributed by atoms with Gasteiger partial charge in [-0.05, 0) is 0 Å². The Bertz CT molecular complexity index is 575. The number of ether oxygens (including phenoxy) is 2. The predicted octanol–water partition coefficient (Wildman–Crippen LogP) is -1.46. The summed E-state index contributed by atoms with van der Waals surface area (Å²) in [5.41, 5.74) is 6.37. The third-order valence-electron chi connectivity index (χ3n) is 3.75. The minimum atomic E-state index is -0.643. The molecule has 1 fully saturated rings. The van der Waals surface area contributed by atoms with Gasteiger partial charge < -0.3 is 30.9 Å². The van der Waals surface area contributed by atoms with Gasteiger partial charge in [0.05, 0.1) is 19.0 Å². The van der Waals surface area contributed by atoms with Gasteiger partial charge in [-0.25, -0.2) is 4.98 Å². The highest BCUT2D eigenvalue weighted by Crippen LogP contribution is 2.32. The molecule has 0 aliphatic carbocycles. The van der Waals surface area contributed by atoms with Crippen LogP contribution in [0.25, 0.3) is 0 Å². The number of methoxy groups -OCH3 is 1. The van der Waals surface area contributed by atoms with E-state index in [4.69, 9.17) is 15.2 Å². The van der Waals surface area contributed by atoms with E-state index in [0.29, 0.717) is 18.1 Å². The second-order valence-electron chi connectivity index (χ2n) is 4.98. The molecule has 1 aliphatic heterocycles. The number of nitrogens with one attached hydrogen (secondary N) is 2. The van der Waals surface area contributed by atoms with E-state index in [1.807, 2.05) is 0 Å². The zero-order chi connectivity index (χ0) is 17.0. The number of carbonyl (C=O) groups is 1. The van der Waals surface area contributed by atoms with Crippen molar-refractivity contribution in [3.63, 3.8) is 0 Å². The maximum atomic E-state index is 11.2. The van der Waals surface area contributed by atoms with Crippen molar-refractivity contribution in [2.45, 2.75) is 24.5 Å². The van der Waals surface area contributed by atoms with E-state index in [2.05, 4.69) is 20.6 Å². The largest absolute Gasteiger partial charge is 0.394 e. The molecule has 1 aromatic heterocycles. The van der Waals surface area contributed by atoms with E-state index in [-0.39, 0.29) is 12.3 Å². The van der Waals surface area contributed by atoms with E-state index in [1.165, 1.54) is 13.4 Å². The topological polar surface area (TPSA) is 136 Å². The zero-order valence-electron chi connectivity index (χ0n) is 13.3. The Hall–Kier alpha value is -2.01. The van der Waals surface area contributed by atoms with Crippen LogP contribution in [0.3, 0.4) is 0 Å². The number of aliphatic hydroxyl groups excluding tert-OH is 1. The Balaban J connectivity index is 2.36. The standard InChI is InChI=1S/C13H22N6O4/c1-15-13(16-2)18-11-7(4-20)17-6-19(11)12-9(14)10(22-3)8(5-21)23-12/h4,6,8-10,12,21H,5,14H2,1-3H3,(H2,15,16,18). The maximum absolute atomic E-state index is 11.2. The molecular weight excluding hydrogens is 304 g/mol. The van der Waals surface area contributed by atoms with Crippen LogP contribution < -0.4 is 16.4 Å². The smallest absolute Gasteiger partial charge is 0.196 e. The average Bonchev–Trinajstić information content (AvgIpc) is 3.11.